The molecule has 8 amide bonds. The van der Waals surface area contributed by atoms with E-state index in [1.54, 1.807) is 71.3 Å². The number of H-pyrrole nitrogens is 2. The van der Waals surface area contributed by atoms with Crippen LogP contribution in [0.25, 0.3) is 21.8 Å². The van der Waals surface area contributed by atoms with Gasteiger partial charge in [-0.25, -0.2) is 0 Å². The minimum Gasteiger partial charge on any atom is -0.508 e. The van der Waals surface area contributed by atoms with Gasteiger partial charge in [-0.3, -0.25) is 47.9 Å². The number of aromatic amines is 2. The molecule has 0 fully saturated rings. The summed E-state index contributed by atoms with van der Waals surface area (Å²) in [7, 11) is 0. The molecular weight excluding hydrogens is 1230 g/mol. The number of phenols is 2. The summed E-state index contributed by atoms with van der Waals surface area (Å²) in [6, 6.07) is 22.7. The fourth-order valence-electron chi connectivity index (χ4n) is 10.8. The van der Waals surface area contributed by atoms with Crippen molar-refractivity contribution in [2.75, 3.05) is 13.2 Å². The Bertz CT molecular complexity index is 3870. The number of ketones is 1. The van der Waals surface area contributed by atoms with E-state index < -0.39 is 131 Å². The van der Waals surface area contributed by atoms with Crippen LogP contribution in [0.1, 0.15) is 89.6 Å². The van der Waals surface area contributed by atoms with Crippen molar-refractivity contribution in [2.24, 2.45) is 11.3 Å². The average molecular weight is 1320 g/mol. The van der Waals surface area contributed by atoms with E-state index in [-0.39, 0.29) is 55.9 Å². The summed E-state index contributed by atoms with van der Waals surface area (Å²) < 4.78 is 0. The van der Waals surface area contributed by atoms with Gasteiger partial charge in [-0.05, 0) is 97.3 Å². The fraction of sp³-hybridized carbons (Fsp3) is 0.380. The van der Waals surface area contributed by atoms with E-state index in [4.69, 9.17) is 0 Å². The van der Waals surface area contributed by atoms with Crippen molar-refractivity contribution in [2.45, 2.75) is 148 Å². The lowest BCUT2D eigenvalue weighted by atomic mass is 9.84. The van der Waals surface area contributed by atoms with Crippen LogP contribution in [0, 0.1) is 11.3 Å². The zero-order valence-electron chi connectivity index (χ0n) is 55.0. The highest BCUT2D eigenvalue weighted by Crippen LogP contribution is 2.24. The highest BCUT2D eigenvalue weighted by Gasteiger charge is 2.38. The van der Waals surface area contributed by atoms with Crippen LogP contribution in [-0.4, -0.2) is 156 Å². The molecule has 7 aromatic rings. The fourth-order valence-corrected chi connectivity index (χ4v) is 10.8. The van der Waals surface area contributed by atoms with Crippen LogP contribution in [0.2, 0.25) is 0 Å². The molecule has 0 radical (unpaired) electrons. The van der Waals surface area contributed by atoms with Gasteiger partial charge < -0.3 is 78.2 Å². The number of phenolic OH excluding ortho intramolecular Hbond substituents is 2. The molecule has 2 aromatic heterocycles. The first-order chi connectivity index (χ1) is 45.4. The second-order valence-corrected chi connectivity index (χ2v) is 26.3. The molecular formula is C71H87N11O14. The predicted molar refractivity (Wildman–Crippen MR) is 360 cm³/mol. The number of Topliss-reactive ketones (excluding diaryl/α,β-unsaturated/α-hetero) is 1. The van der Waals surface area contributed by atoms with Crippen molar-refractivity contribution < 1.29 is 68.4 Å². The number of carboxylic acid groups (broad SMARTS) is 1. The van der Waals surface area contributed by atoms with Gasteiger partial charge in [-0.2, -0.15) is 0 Å². The van der Waals surface area contributed by atoms with Crippen molar-refractivity contribution in [3.05, 3.63) is 168 Å². The highest BCUT2D eigenvalue weighted by molar-refractivity contribution is 6.00. The number of carbonyl (C=O) groups excluding carboxylic acids is 9. The second kappa shape index (κ2) is 33.1. The van der Waals surface area contributed by atoms with Gasteiger partial charge >= 0.3 is 5.97 Å². The van der Waals surface area contributed by atoms with E-state index in [9.17, 15) is 63.6 Å². The molecule has 0 aliphatic rings. The Balaban J connectivity index is 1.17. The third-order valence-corrected chi connectivity index (χ3v) is 16.0. The van der Waals surface area contributed by atoms with Crippen LogP contribution in [0.15, 0.2) is 140 Å². The SMILES string of the molecule is CC(C)[C@H](NC(=O)[C@H](CC(=O)O)NC(=O)[C@H](Cc1ccc(O)cc1)NC(=O)[C@H](Cc1c[nH]c2ccccc12)NC(=O)[C@H](Cc1ccc(O)cc1)NC(=O)[C@H](CO)NC(=O)CNC(C)(C)C)C(=O)N[C@@H](Cc1c[nH]c2ccccc12)C(=O)N[C@@H](Cc1ccccc1)C(=O)C(C)(C)C. The summed E-state index contributed by atoms with van der Waals surface area (Å²) in [5.74, 6) is -10.1. The minimum absolute atomic E-state index is 0.0838. The summed E-state index contributed by atoms with van der Waals surface area (Å²) in [4.78, 5) is 149. The first-order valence-corrected chi connectivity index (χ1v) is 31.7. The summed E-state index contributed by atoms with van der Waals surface area (Å²) in [5.41, 5.74) is 2.77. The van der Waals surface area contributed by atoms with Crippen LogP contribution < -0.4 is 47.9 Å². The number of aromatic hydroxyl groups is 2. The van der Waals surface area contributed by atoms with E-state index >= 15 is 4.79 Å². The smallest absolute Gasteiger partial charge is 0.305 e. The molecule has 25 heteroatoms. The van der Waals surface area contributed by atoms with Crippen molar-refractivity contribution >= 4 is 80.8 Å². The largest absolute Gasteiger partial charge is 0.508 e. The third-order valence-electron chi connectivity index (χ3n) is 16.0. The maximum Gasteiger partial charge on any atom is 0.305 e. The molecule has 15 N–H and O–H groups in total. The van der Waals surface area contributed by atoms with Crippen LogP contribution in [0.3, 0.4) is 0 Å². The van der Waals surface area contributed by atoms with E-state index in [1.165, 1.54) is 48.5 Å². The number of aliphatic hydroxyl groups is 1. The molecule has 96 heavy (non-hydrogen) atoms. The lowest BCUT2D eigenvalue weighted by Crippen LogP contribution is -2.62. The number of carbonyl (C=O) groups is 10. The van der Waals surface area contributed by atoms with Crippen molar-refractivity contribution in [1.29, 1.82) is 0 Å². The van der Waals surface area contributed by atoms with Crippen molar-refractivity contribution in [3.63, 3.8) is 0 Å². The third kappa shape index (κ3) is 21.3. The molecule has 0 aliphatic heterocycles. The Morgan fingerprint density at radius 1 is 0.427 bits per heavy atom. The number of para-hydroxylation sites is 2. The number of hydrogen-bond donors (Lipinski definition) is 15. The first-order valence-electron chi connectivity index (χ1n) is 31.7. The molecule has 0 bridgehead atoms. The number of aliphatic carboxylic acids is 1. The monoisotopic (exact) mass is 1320 g/mol. The Kier molecular flexibility index (Phi) is 25.2. The molecule has 0 unspecified atom stereocenters. The molecule has 0 saturated heterocycles. The van der Waals surface area contributed by atoms with Gasteiger partial charge in [0.05, 0.1) is 25.6 Å². The maximum absolute atomic E-state index is 15.1. The summed E-state index contributed by atoms with van der Waals surface area (Å²) in [5, 5.41) is 66.6. The molecule has 8 atom stereocenters. The number of amides is 8. The zero-order chi connectivity index (χ0) is 70.0. The molecule has 0 aliphatic carbocycles. The van der Waals surface area contributed by atoms with E-state index in [1.807, 2.05) is 75.4 Å². The van der Waals surface area contributed by atoms with E-state index in [2.05, 4.69) is 57.8 Å². The highest BCUT2D eigenvalue weighted by atomic mass is 16.4. The number of benzene rings is 5. The lowest BCUT2D eigenvalue weighted by molar-refractivity contribution is -0.141. The Labute approximate surface area is 556 Å². The molecule has 25 nitrogen and oxygen atoms in total. The Hall–Kier alpha value is -10.4. The minimum atomic E-state index is -1.93. The van der Waals surface area contributed by atoms with Crippen LogP contribution >= 0.6 is 0 Å². The van der Waals surface area contributed by atoms with Gasteiger partial charge in [0, 0.05) is 70.8 Å². The molecule has 5 aromatic carbocycles. The van der Waals surface area contributed by atoms with Gasteiger partial charge in [0.25, 0.3) is 0 Å². The second-order valence-electron chi connectivity index (χ2n) is 26.3. The maximum atomic E-state index is 15.1. The molecule has 7 rings (SSSR count). The summed E-state index contributed by atoms with van der Waals surface area (Å²) >= 11 is 0. The number of aromatic nitrogens is 2. The van der Waals surface area contributed by atoms with Crippen molar-refractivity contribution in [3.8, 4) is 11.5 Å². The van der Waals surface area contributed by atoms with E-state index in [0.29, 0.717) is 33.2 Å². The van der Waals surface area contributed by atoms with Gasteiger partial charge in [-0.15, -0.1) is 0 Å². The molecule has 2 heterocycles. The molecule has 0 saturated carbocycles. The van der Waals surface area contributed by atoms with Gasteiger partial charge in [0.15, 0.2) is 5.78 Å². The molecule has 510 valence electrons. The number of fused-ring (bicyclic) bond motifs is 2. The van der Waals surface area contributed by atoms with Crippen molar-refractivity contribution in [1.82, 2.24) is 57.8 Å². The Morgan fingerprint density at radius 3 is 1.23 bits per heavy atom. The topological polar surface area (TPSA) is 391 Å². The average Bonchev–Trinajstić information content (AvgIpc) is 1.88. The van der Waals surface area contributed by atoms with Crippen LogP contribution in [0.4, 0.5) is 0 Å². The van der Waals surface area contributed by atoms with Crippen LogP contribution in [0.5, 0.6) is 11.5 Å². The normalized spacial score (nSPS) is 14.1. The molecule has 0 spiro atoms. The predicted octanol–water partition coefficient (Wildman–Crippen LogP) is 3.58. The van der Waals surface area contributed by atoms with Gasteiger partial charge in [-0.1, -0.05) is 126 Å². The Morgan fingerprint density at radius 2 is 0.802 bits per heavy atom. The zero-order valence-corrected chi connectivity index (χ0v) is 55.0. The number of hydrogen-bond acceptors (Lipinski definition) is 14. The quantitative estimate of drug-likeness (QED) is 0.0287. The first kappa shape index (κ1) is 73.0. The summed E-state index contributed by atoms with van der Waals surface area (Å²) in [6.45, 7) is 12.8. The van der Waals surface area contributed by atoms with Gasteiger partial charge in [0.1, 0.15) is 53.8 Å². The summed E-state index contributed by atoms with van der Waals surface area (Å²) in [6.07, 6.45) is 1.49. The lowest BCUT2D eigenvalue weighted by Gasteiger charge is -2.30. The number of nitrogens with one attached hydrogen (secondary N) is 11. The number of aliphatic hydroxyl groups excluding tert-OH is 1. The van der Waals surface area contributed by atoms with Gasteiger partial charge in [0.2, 0.25) is 47.3 Å². The number of carboxylic acids is 1. The number of rotatable bonds is 32. The standard InChI is InChI=1S/C71H87N11O14/c1-40(2)61(69(96)81-56(34-45-37-73-51-21-15-13-19-49(45)51)65(92)76-52(62(89)70(3,4)5)30-41-16-10-9-11-17-41)82-67(94)57(35-60(87)88)80-64(91)53(31-42-22-26-46(84)27-23-42)77-66(93)55(33-44-36-72-50-20-14-12-18-48(44)50)79-63(90)54(32-43-24-28-47(85)29-25-43)78-68(95)58(39-83)75-59(86)38-74-71(6,7)8/h9-29,36-37,40,52-58,61,72-74,83-85H,30-35,38-39H2,1-8H3,(H,75,86)(H,76,92)(H,77,93)(H,78,95)(H,79,90)(H,80,91)(H,81,96)(H,82,94)(H,87,88)/t52-,53-,54-,55-,56-,57-,58-,61-/m0/s1. The van der Waals surface area contributed by atoms with E-state index in [0.717, 1.165) is 16.5 Å². The van der Waals surface area contributed by atoms with Crippen LogP contribution in [-0.2, 0) is 80.0 Å².